The molecule has 192 valence electrons. The normalized spacial score (nSPS) is 20.8. The molecule has 2 aromatic rings. The molecule has 8 heteroatoms. The van der Waals surface area contributed by atoms with Crippen molar-refractivity contribution in [2.24, 2.45) is 5.92 Å². The van der Waals surface area contributed by atoms with Crippen LogP contribution in [0, 0.1) is 5.92 Å². The van der Waals surface area contributed by atoms with Gasteiger partial charge in [-0.15, -0.1) is 0 Å². The van der Waals surface area contributed by atoms with Crippen LogP contribution in [-0.4, -0.2) is 61.2 Å². The van der Waals surface area contributed by atoms with Crippen molar-refractivity contribution < 1.29 is 23.8 Å². The number of hydrogen-bond acceptors (Lipinski definition) is 6. The van der Waals surface area contributed by atoms with E-state index in [9.17, 15) is 9.59 Å². The number of carbonyl (C=O) groups is 2. The lowest BCUT2D eigenvalue weighted by Crippen LogP contribution is -2.53. The predicted octanol–water partition coefficient (Wildman–Crippen LogP) is 3.99. The van der Waals surface area contributed by atoms with Gasteiger partial charge in [0.1, 0.15) is 17.9 Å². The van der Waals surface area contributed by atoms with E-state index >= 15 is 0 Å². The number of hydrogen-bond donors (Lipinski definition) is 1. The molecule has 2 fully saturated rings. The van der Waals surface area contributed by atoms with Crippen molar-refractivity contribution in [2.45, 2.75) is 38.4 Å². The van der Waals surface area contributed by atoms with Crippen LogP contribution >= 0.6 is 0 Å². The first-order valence-electron chi connectivity index (χ1n) is 12.3. The average Bonchev–Trinajstić information content (AvgIpc) is 3.12. The minimum absolute atomic E-state index is 0.0506. The SMILES string of the molecule is C=CCOc1ccccc1CN1CCC([C@@]2(C)NC(=O)N(Cc3cccc(OC)c3OC)C2=O)CC1. The number of amides is 3. The number of ether oxygens (including phenoxy) is 3. The first-order chi connectivity index (χ1) is 17.4. The zero-order valence-electron chi connectivity index (χ0n) is 21.3. The van der Waals surface area contributed by atoms with Gasteiger partial charge in [0.25, 0.3) is 5.91 Å². The van der Waals surface area contributed by atoms with Gasteiger partial charge in [-0.05, 0) is 50.9 Å². The number of likely N-dealkylation sites (tertiary alicyclic amines) is 1. The highest BCUT2D eigenvalue weighted by Gasteiger charge is 2.52. The Labute approximate surface area is 212 Å². The summed E-state index contributed by atoms with van der Waals surface area (Å²) in [6.45, 7) is 8.62. The zero-order chi connectivity index (χ0) is 25.7. The summed E-state index contributed by atoms with van der Waals surface area (Å²) in [7, 11) is 3.11. The molecule has 0 aliphatic carbocycles. The van der Waals surface area contributed by atoms with E-state index < -0.39 is 5.54 Å². The van der Waals surface area contributed by atoms with Crippen LogP contribution in [0.25, 0.3) is 0 Å². The number of rotatable bonds is 10. The topological polar surface area (TPSA) is 80.3 Å². The third kappa shape index (κ3) is 5.04. The summed E-state index contributed by atoms with van der Waals surface area (Å²) in [4.78, 5) is 30.1. The standard InChI is InChI=1S/C28H35N3O5/c1-5-17-36-23-11-7-6-9-20(23)18-30-15-13-22(14-16-30)28(2)26(32)31(27(33)29-28)19-21-10-8-12-24(34-3)25(21)35-4/h5-12,22H,1,13-19H2,2-4H3,(H,29,33)/t28-/m1/s1. The maximum atomic E-state index is 13.5. The summed E-state index contributed by atoms with van der Waals surface area (Å²) in [5.41, 5.74) is 0.921. The number of carbonyl (C=O) groups excluding carboxylic acids is 2. The molecule has 0 radical (unpaired) electrons. The quantitative estimate of drug-likeness (QED) is 0.398. The van der Waals surface area contributed by atoms with E-state index in [-0.39, 0.29) is 24.4 Å². The number of urea groups is 1. The maximum absolute atomic E-state index is 13.5. The van der Waals surface area contributed by atoms with Gasteiger partial charge in [0.2, 0.25) is 0 Å². The molecule has 3 amide bonds. The van der Waals surface area contributed by atoms with Crippen LogP contribution in [-0.2, 0) is 17.9 Å². The van der Waals surface area contributed by atoms with Crippen LogP contribution in [0.3, 0.4) is 0 Å². The fourth-order valence-electron chi connectivity index (χ4n) is 5.22. The smallest absolute Gasteiger partial charge is 0.325 e. The molecule has 0 aromatic heterocycles. The Morgan fingerprint density at radius 3 is 2.39 bits per heavy atom. The summed E-state index contributed by atoms with van der Waals surface area (Å²) in [6, 6.07) is 13.1. The molecule has 1 atom stereocenters. The third-order valence-electron chi connectivity index (χ3n) is 7.24. The summed E-state index contributed by atoms with van der Waals surface area (Å²) < 4.78 is 16.7. The summed E-state index contributed by atoms with van der Waals surface area (Å²) >= 11 is 0. The molecule has 0 bridgehead atoms. The van der Waals surface area contributed by atoms with E-state index in [0.717, 1.165) is 49.4 Å². The molecule has 2 aromatic carbocycles. The van der Waals surface area contributed by atoms with Crippen molar-refractivity contribution in [3.05, 3.63) is 66.2 Å². The molecule has 0 spiro atoms. The van der Waals surface area contributed by atoms with Gasteiger partial charge in [-0.2, -0.15) is 0 Å². The van der Waals surface area contributed by atoms with Crippen molar-refractivity contribution in [3.8, 4) is 17.2 Å². The highest BCUT2D eigenvalue weighted by Crippen LogP contribution is 2.37. The number of methoxy groups -OCH3 is 2. The molecule has 2 aliphatic rings. The Kier molecular flexibility index (Phi) is 7.84. The maximum Gasteiger partial charge on any atom is 0.325 e. The van der Waals surface area contributed by atoms with E-state index in [1.807, 2.05) is 37.3 Å². The van der Waals surface area contributed by atoms with Crippen LogP contribution < -0.4 is 19.5 Å². The number of imide groups is 1. The molecule has 2 heterocycles. The Morgan fingerprint density at radius 1 is 1.00 bits per heavy atom. The van der Waals surface area contributed by atoms with E-state index in [2.05, 4.69) is 22.9 Å². The molecule has 1 N–H and O–H groups in total. The molecule has 2 saturated heterocycles. The Balaban J connectivity index is 1.41. The minimum atomic E-state index is -0.930. The van der Waals surface area contributed by atoms with E-state index in [0.29, 0.717) is 18.1 Å². The van der Waals surface area contributed by atoms with Gasteiger partial charge in [-0.3, -0.25) is 14.6 Å². The summed E-state index contributed by atoms with van der Waals surface area (Å²) in [5, 5.41) is 3.00. The minimum Gasteiger partial charge on any atom is -0.493 e. The van der Waals surface area contributed by atoms with Crippen molar-refractivity contribution in [2.75, 3.05) is 33.9 Å². The summed E-state index contributed by atoms with van der Waals surface area (Å²) in [6.07, 6.45) is 3.37. The van der Waals surface area contributed by atoms with Gasteiger partial charge in [0.05, 0.1) is 20.8 Å². The number of piperidine rings is 1. The first kappa shape index (κ1) is 25.6. The molecule has 0 unspecified atom stereocenters. The highest BCUT2D eigenvalue weighted by atomic mass is 16.5. The van der Waals surface area contributed by atoms with Crippen molar-refractivity contribution >= 4 is 11.9 Å². The van der Waals surface area contributed by atoms with Crippen molar-refractivity contribution in [3.63, 3.8) is 0 Å². The number of nitrogens with one attached hydrogen (secondary N) is 1. The third-order valence-corrected chi connectivity index (χ3v) is 7.24. The van der Waals surface area contributed by atoms with Crippen molar-refractivity contribution in [1.82, 2.24) is 15.1 Å². The molecule has 8 nitrogen and oxygen atoms in total. The predicted molar refractivity (Wildman–Crippen MR) is 137 cm³/mol. The van der Waals surface area contributed by atoms with Crippen LogP contribution in [0.4, 0.5) is 4.79 Å². The monoisotopic (exact) mass is 493 g/mol. The van der Waals surface area contributed by atoms with Gasteiger partial charge in [0.15, 0.2) is 11.5 Å². The van der Waals surface area contributed by atoms with E-state index in [4.69, 9.17) is 14.2 Å². The van der Waals surface area contributed by atoms with Gasteiger partial charge >= 0.3 is 6.03 Å². The van der Waals surface area contributed by atoms with Gasteiger partial charge < -0.3 is 19.5 Å². The molecular formula is C28H35N3O5. The molecule has 2 aliphatic heterocycles. The summed E-state index contributed by atoms with van der Waals surface area (Å²) in [5.74, 6) is 1.82. The lowest BCUT2D eigenvalue weighted by molar-refractivity contribution is -0.133. The van der Waals surface area contributed by atoms with E-state index in [1.54, 1.807) is 26.4 Å². The zero-order valence-corrected chi connectivity index (χ0v) is 21.3. The Bertz CT molecular complexity index is 1110. The molecule has 4 rings (SSSR count). The second kappa shape index (κ2) is 11.0. The molecule has 36 heavy (non-hydrogen) atoms. The second-order valence-electron chi connectivity index (χ2n) is 9.43. The Morgan fingerprint density at radius 2 is 1.69 bits per heavy atom. The fraction of sp³-hybridized carbons (Fsp3) is 0.429. The lowest BCUT2D eigenvalue weighted by Gasteiger charge is -2.39. The van der Waals surface area contributed by atoms with Crippen LogP contribution in [0.5, 0.6) is 17.2 Å². The van der Waals surface area contributed by atoms with Crippen molar-refractivity contribution in [1.29, 1.82) is 0 Å². The first-order valence-corrected chi connectivity index (χ1v) is 12.3. The average molecular weight is 494 g/mol. The van der Waals surface area contributed by atoms with Crippen LogP contribution in [0.1, 0.15) is 30.9 Å². The largest absolute Gasteiger partial charge is 0.493 e. The van der Waals surface area contributed by atoms with E-state index in [1.165, 1.54) is 4.90 Å². The lowest BCUT2D eigenvalue weighted by atomic mass is 9.78. The van der Waals surface area contributed by atoms with Crippen LogP contribution in [0.15, 0.2) is 55.1 Å². The number of nitrogens with zero attached hydrogens (tertiary/aromatic N) is 2. The van der Waals surface area contributed by atoms with Gasteiger partial charge in [-0.1, -0.05) is 43.0 Å². The molecule has 0 saturated carbocycles. The Hall–Kier alpha value is -3.52. The number of benzene rings is 2. The second-order valence-corrected chi connectivity index (χ2v) is 9.43. The molecular weight excluding hydrogens is 458 g/mol. The highest BCUT2D eigenvalue weighted by molar-refractivity contribution is 6.07. The number of para-hydroxylation sites is 2. The fourth-order valence-corrected chi connectivity index (χ4v) is 5.22. The van der Waals surface area contributed by atoms with Gasteiger partial charge in [-0.25, -0.2) is 4.79 Å². The van der Waals surface area contributed by atoms with Crippen LogP contribution in [0.2, 0.25) is 0 Å². The van der Waals surface area contributed by atoms with Gasteiger partial charge in [0, 0.05) is 17.7 Å².